The Morgan fingerprint density at radius 3 is 2.10 bits per heavy atom. The average molecular weight is 299 g/mol. The van der Waals surface area contributed by atoms with Crippen molar-refractivity contribution in [3.8, 4) is 0 Å². The van der Waals surface area contributed by atoms with Crippen LogP contribution >= 0.6 is 11.6 Å². The summed E-state index contributed by atoms with van der Waals surface area (Å²) in [7, 11) is 0. The van der Waals surface area contributed by atoms with Crippen LogP contribution in [0.1, 0.15) is 27.6 Å². The zero-order valence-corrected chi connectivity index (χ0v) is 11.9. The minimum Gasteiger partial charge on any atom is -0.207 e. The van der Waals surface area contributed by atoms with Crippen molar-refractivity contribution in [2.24, 2.45) is 0 Å². The van der Waals surface area contributed by atoms with Gasteiger partial charge >= 0.3 is 0 Å². The molecule has 0 saturated carbocycles. The highest BCUT2D eigenvalue weighted by Gasteiger charge is 2.20. The maximum absolute atomic E-state index is 13.6. The van der Waals surface area contributed by atoms with Crippen LogP contribution in [0.2, 0.25) is 0 Å². The van der Waals surface area contributed by atoms with Gasteiger partial charge < -0.3 is 0 Å². The van der Waals surface area contributed by atoms with Gasteiger partial charge in [-0.15, -0.1) is 11.6 Å². The first-order valence-electron chi connectivity index (χ1n) is 6.23. The van der Waals surface area contributed by atoms with Crippen LogP contribution in [-0.4, -0.2) is 0 Å². The monoisotopic (exact) mass is 298 g/mol. The van der Waals surface area contributed by atoms with Crippen molar-refractivity contribution in [1.82, 2.24) is 0 Å². The minimum absolute atomic E-state index is 0.280. The van der Waals surface area contributed by atoms with Crippen molar-refractivity contribution < 1.29 is 13.2 Å². The molecule has 106 valence electrons. The first kappa shape index (κ1) is 14.9. The summed E-state index contributed by atoms with van der Waals surface area (Å²) < 4.78 is 40.2. The number of alkyl halides is 1. The Balaban J connectivity index is 2.28. The van der Waals surface area contributed by atoms with Crippen molar-refractivity contribution in [3.63, 3.8) is 0 Å². The fourth-order valence-electron chi connectivity index (χ4n) is 2.09. The van der Waals surface area contributed by atoms with Crippen LogP contribution in [0.5, 0.6) is 0 Å². The van der Waals surface area contributed by atoms with Crippen LogP contribution in [0.15, 0.2) is 30.3 Å². The van der Waals surface area contributed by atoms with Gasteiger partial charge in [0.1, 0.15) is 17.5 Å². The van der Waals surface area contributed by atoms with E-state index in [2.05, 4.69) is 0 Å². The molecule has 0 fully saturated rings. The van der Waals surface area contributed by atoms with E-state index in [4.69, 9.17) is 11.6 Å². The van der Waals surface area contributed by atoms with Crippen molar-refractivity contribution in [2.75, 3.05) is 0 Å². The zero-order chi connectivity index (χ0) is 14.9. The van der Waals surface area contributed by atoms with Gasteiger partial charge in [-0.25, -0.2) is 13.2 Å². The molecule has 0 aliphatic carbocycles. The molecule has 0 spiro atoms. The lowest BCUT2D eigenvalue weighted by atomic mass is 9.99. The lowest BCUT2D eigenvalue weighted by molar-refractivity contribution is 0.520. The van der Waals surface area contributed by atoms with Gasteiger partial charge in [-0.1, -0.05) is 18.2 Å². The van der Waals surface area contributed by atoms with Gasteiger partial charge in [0.15, 0.2) is 0 Å². The van der Waals surface area contributed by atoms with Crippen LogP contribution in [0.3, 0.4) is 0 Å². The van der Waals surface area contributed by atoms with E-state index in [9.17, 15) is 13.2 Å². The van der Waals surface area contributed by atoms with Crippen molar-refractivity contribution in [1.29, 1.82) is 0 Å². The van der Waals surface area contributed by atoms with E-state index in [0.717, 1.165) is 16.7 Å². The maximum Gasteiger partial charge on any atom is 0.133 e. The SMILES string of the molecule is Cc1ccc(CC(Cl)c2c(F)cc(F)cc2F)cc1C. The molecule has 0 bridgehead atoms. The molecule has 20 heavy (non-hydrogen) atoms. The molecule has 2 aromatic carbocycles. The second-order valence-corrected chi connectivity index (χ2v) is 5.40. The highest BCUT2D eigenvalue weighted by atomic mass is 35.5. The molecule has 0 aliphatic heterocycles. The molecule has 0 aromatic heterocycles. The molecule has 2 rings (SSSR count). The van der Waals surface area contributed by atoms with Crippen LogP contribution < -0.4 is 0 Å². The van der Waals surface area contributed by atoms with Crippen LogP contribution in [0.25, 0.3) is 0 Å². The van der Waals surface area contributed by atoms with Gasteiger partial charge in [-0.3, -0.25) is 0 Å². The number of benzene rings is 2. The van der Waals surface area contributed by atoms with Crippen molar-refractivity contribution >= 4 is 11.6 Å². The zero-order valence-electron chi connectivity index (χ0n) is 11.2. The highest BCUT2D eigenvalue weighted by molar-refractivity contribution is 6.21. The Morgan fingerprint density at radius 2 is 1.55 bits per heavy atom. The lowest BCUT2D eigenvalue weighted by Crippen LogP contribution is -2.04. The van der Waals surface area contributed by atoms with E-state index in [1.54, 1.807) is 0 Å². The molecule has 2 aromatic rings. The third kappa shape index (κ3) is 3.15. The summed E-state index contributed by atoms with van der Waals surface area (Å²) in [6.45, 7) is 3.94. The smallest absolute Gasteiger partial charge is 0.133 e. The number of halogens is 4. The normalized spacial score (nSPS) is 12.5. The van der Waals surface area contributed by atoms with E-state index in [-0.39, 0.29) is 12.0 Å². The number of hydrogen-bond donors (Lipinski definition) is 0. The van der Waals surface area contributed by atoms with E-state index in [1.165, 1.54) is 0 Å². The predicted octanol–water partition coefficient (Wildman–Crippen LogP) is 5.24. The number of hydrogen-bond acceptors (Lipinski definition) is 0. The van der Waals surface area contributed by atoms with Gasteiger partial charge in [0, 0.05) is 17.7 Å². The van der Waals surface area contributed by atoms with E-state index < -0.39 is 22.8 Å². The van der Waals surface area contributed by atoms with Gasteiger partial charge in [0.2, 0.25) is 0 Å². The van der Waals surface area contributed by atoms with Crippen molar-refractivity contribution in [2.45, 2.75) is 25.6 Å². The molecular weight excluding hydrogens is 285 g/mol. The Bertz CT molecular complexity index is 615. The molecule has 0 heterocycles. The summed E-state index contributed by atoms with van der Waals surface area (Å²) in [4.78, 5) is 0. The largest absolute Gasteiger partial charge is 0.207 e. The van der Waals surface area contributed by atoms with Gasteiger partial charge in [-0.2, -0.15) is 0 Å². The minimum atomic E-state index is -0.952. The highest BCUT2D eigenvalue weighted by Crippen LogP contribution is 2.30. The lowest BCUT2D eigenvalue weighted by Gasteiger charge is -2.13. The summed E-state index contributed by atoms with van der Waals surface area (Å²) >= 11 is 6.09. The standard InChI is InChI=1S/C16H14ClF3/c1-9-3-4-11(5-10(9)2)6-13(17)16-14(19)7-12(18)8-15(16)20/h3-5,7-8,13H,6H2,1-2H3. The second-order valence-electron chi connectivity index (χ2n) is 4.87. The van der Waals surface area contributed by atoms with E-state index in [1.807, 2.05) is 32.0 Å². The summed E-state index contributed by atoms with van der Waals surface area (Å²) in [6, 6.07) is 7.04. The predicted molar refractivity (Wildman–Crippen MR) is 74.5 cm³/mol. The fourth-order valence-corrected chi connectivity index (χ4v) is 2.48. The summed E-state index contributed by atoms with van der Waals surface area (Å²) in [5.41, 5.74) is 2.83. The van der Waals surface area contributed by atoms with Crippen LogP contribution in [0, 0.1) is 31.3 Å². The third-order valence-corrected chi connectivity index (χ3v) is 3.72. The molecule has 4 heteroatoms. The van der Waals surface area contributed by atoms with Crippen molar-refractivity contribution in [3.05, 3.63) is 70.0 Å². The summed E-state index contributed by atoms with van der Waals surface area (Å²) in [5, 5.41) is -0.877. The first-order chi connectivity index (χ1) is 9.38. The number of aryl methyl sites for hydroxylation is 2. The Kier molecular flexibility index (Phi) is 4.39. The summed E-state index contributed by atoms with van der Waals surface area (Å²) in [6.07, 6.45) is 0.280. The Hall–Kier alpha value is -1.48. The van der Waals surface area contributed by atoms with Gasteiger partial charge in [-0.05, 0) is 37.0 Å². The molecule has 0 amide bonds. The Morgan fingerprint density at radius 1 is 0.950 bits per heavy atom. The molecule has 0 radical (unpaired) electrons. The number of rotatable bonds is 3. The van der Waals surface area contributed by atoms with E-state index >= 15 is 0 Å². The second kappa shape index (κ2) is 5.88. The van der Waals surface area contributed by atoms with Crippen LogP contribution in [0.4, 0.5) is 13.2 Å². The molecule has 1 unspecified atom stereocenters. The average Bonchev–Trinajstić information content (AvgIpc) is 2.32. The first-order valence-corrected chi connectivity index (χ1v) is 6.66. The molecule has 0 saturated heterocycles. The van der Waals surface area contributed by atoms with E-state index in [0.29, 0.717) is 12.1 Å². The molecule has 0 N–H and O–H groups in total. The van der Waals surface area contributed by atoms with Gasteiger partial charge in [0.25, 0.3) is 0 Å². The molecule has 1 atom stereocenters. The quantitative estimate of drug-likeness (QED) is 0.680. The fraction of sp³-hybridized carbons (Fsp3) is 0.250. The van der Waals surface area contributed by atoms with Crippen LogP contribution in [-0.2, 0) is 6.42 Å². The maximum atomic E-state index is 13.6. The summed E-state index contributed by atoms with van der Waals surface area (Å²) in [5.74, 6) is -2.85. The molecular formula is C16H14ClF3. The Labute approximate surface area is 121 Å². The third-order valence-electron chi connectivity index (χ3n) is 3.34. The van der Waals surface area contributed by atoms with Gasteiger partial charge in [0.05, 0.1) is 5.38 Å². The molecule has 0 nitrogen and oxygen atoms in total. The molecule has 0 aliphatic rings. The topological polar surface area (TPSA) is 0 Å².